The molecule has 4 nitrogen and oxygen atoms in total. The van der Waals surface area contributed by atoms with Gasteiger partial charge in [-0.05, 0) is 71.7 Å². The Morgan fingerprint density at radius 2 is 1.48 bits per heavy atom. The molecule has 1 saturated heterocycles. The highest BCUT2D eigenvalue weighted by Gasteiger charge is 2.50. The number of carbonyl (C=O) groups is 1. The zero-order valence-electron chi connectivity index (χ0n) is 31.3. The van der Waals surface area contributed by atoms with Crippen LogP contribution in [0.1, 0.15) is 126 Å². The maximum atomic E-state index is 13.1. The monoisotopic (exact) mass is 674 g/mol. The fourth-order valence-electron chi connectivity index (χ4n) is 8.42. The van der Waals surface area contributed by atoms with Crippen LogP contribution < -0.4 is 10.4 Å². The third-order valence-electron chi connectivity index (χ3n) is 11.1. The van der Waals surface area contributed by atoms with Gasteiger partial charge in [0.25, 0.3) is 8.32 Å². The largest absolute Gasteiger partial charge is 0.435 e. The van der Waals surface area contributed by atoms with E-state index in [0.29, 0.717) is 17.8 Å². The molecule has 0 bridgehead atoms. The summed E-state index contributed by atoms with van der Waals surface area (Å²) < 4.78 is 19.9. The molecule has 4 rings (SSSR count). The molecule has 266 valence electrons. The van der Waals surface area contributed by atoms with Gasteiger partial charge in [0.05, 0.1) is 12.0 Å². The summed E-state index contributed by atoms with van der Waals surface area (Å²) in [5.41, 5.74) is 0. The zero-order chi connectivity index (χ0) is 34.6. The fraction of sp³-hybridized carbons (Fsp3) is 0.651. The van der Waals surface area contributed by atoms with E-state index in [-0.39, 0.29) is 28.9 Å². The zero-order valence-corrected chi connectivity index (χ0v) is 32.3. The van der Waals surface area contributed by atoms with Gasteiger partial charge in [-0.25, -0.2) is 0 Å². The van der Waals surface area contributed by atoms with Crippen LogP contribution in [0, 0.1) is 29.6 Å². The molecule has 0 N–H and O–H groups in total. The molecular weight excluding hydrogens is 609 g/mol. The second-order valence-corrected chi connectivity index (χ2v) is 20.4. The summed E-state index contributed by atoms with van der Waals surface area (Å²) in [6.45, 7) is 16.9. The molecule has 5 heteroatoms. The summed E-state index contributed by atoms with van der Waals surface area (Å²) in [4.78, 5) is 13.1. The van der Waals surface area contributed by atoms with Crippen LogP contribution in [-0.2, 0) is 18.7 Å². The molecule has 6 atom stereocenters. The molecule has 0 unspecified atom stereocenters. The molecule has 1 heterocycles. The first-order valence-corrected chi connectivity index (χ1v) is 21.2. The number of hydrogen-bond acceptors (Lipinski definition) is 4. The number of allylic oxidation sites excluding steroid dienone is 2. The number of benzene rings is 2. The number of cyclic esters (lactones) is 1. The van der Waals surface area contributed by atoms with Crippen LogP contribution in [0.15, 0.2) is 72.8 Å². The van der Waals surface area contributed by atoms with Crippen molar-refractivity contribution < 1.29 is 18.7 Å². The highest BCUT2D eigenvalue weighted by atomic mass is 28.4. The summed E-state index contributed by atoms with van der Waals surface area (Å²) in [5, 5.41) is 2.71. The lowest BCUT2D eigenvalue weighted by atomic mass is 9.75. The van der Waals surface area contributed by atoms with Crippen molar-refractivity contribution in [2.75, 3.05) is 6.61 Å². The minimum Gasteiger partial charge on any atom is -0.435 e. The quantitative estimate of drug-likeness (QED) is 0.0683. The van der Waals surface area contributed by atoms with Crippen LogP contribution in [0.3, 0.4) is 0 Å². The lowest BCUT2D eigenvalue weighted by Crippen LogP contribution is -2.66. The van der Waals surface area contributed by atoms with Crippen LogP contribution in [0.25, 0.3) is 0 Å². The van der Waals surface area contributed by atoms with Gasteiger partial charge in [-0.2, -0.15) is 0 Å². The third kappa shape index (κ3) is 9.94. The molecular formula is C43H66O4Si. The van der Waals surface area contributed by atoms with Crippen LogP contribution >= 0.6 is 0 Å². The minimum absolute atomic E-state index is 0.0116. The van der Waals surface area contributed by atoms with Gasteiger partial charge in [-0.3, -0.25) is 4.79 Å². The Morgan fingerprint density at radius 3 is 2.06 bits per heavy atom. The first-order valence-electron chi connectivity index (χ1n) is 19.3. The maximum Gasteiger partial charge on any atom is 0.312 e. The van der Waals surface area contributed by atoms with Crippen LogP contribution in [0.2, 0.25) is 5.04 Å². The molecule has 2 aliphatic rings. The van der Waals surface area contributed by atoms with E-state index < -0.39 is 14.6 Å². The summed E-state index contributed by atoms with van der Waals surface area (Å²) in [6, 6.07) is 21.9. The van der Waals surface area contributed by atoms with Gasteiger partial charge in [0.1, 0.15) is 0 Å². The Bertz CT molecular complexity index is 1200. The summed E-state index contributed by atoms with van der Waals surface area (Å²) in [7, 11) is -2.46. The predicted octanol–water partition coefficient (Wildman–Crippen LogP) is 10.2. The topological polar surface area (TPSA) is 44.8 Å². The van der Waals surface area contributed by atoms with Gasteiger partial charge in [-0.1, -0.05) is 160 Å². The van der Waals surface area contributed by atoms with Crippen molar-refractivity contribution in [2.45, 2.75) is 143 Å². The van der Waals surface area contributed by atoms with Crippen molar-refractivity contribution in [1.82, 2.24) is 0 Å². The van der Waals surface area contributed by atoms with Crippen molar-refractivity contribution in [3.05, 3.63) is 72.8 Å². The average molecular weight is 675 g/mol. The van der Waals surface area contributed by atoms with E-state index in [1.807, 2.05) is 0 Å². The molecule has 48 heavy (non-hydrogen) atoms. The van der Waals surface area contributed by atoms with Crippen LogP contribution in [-0.4, -0.2) is 33.3 Å². The smallest absolute Gasteiger partial charge is 0.312 e. The molecule has 0 spiro atoms. The Labute approximate surface area is 294 Å². The predicted molar refractivity (Wildman–Crippen MR) is 203 cm³/mol. The van der Waals surface area contributed by atoms with E-state index in [4.69, 9.17) is 13.9 Å². The first kappa shape index (κ1) is 38.6. The van der Waals surface area contributed by atoms with Crippen LogP contribution in [0.5, 0.6) is 0 Å². The number of carbonyl (C=O) groups excluding carboxylic acids is 1. The van der Waals surface area contributed by atoms with E-state index in [1.165, 1.54) is 48.9 Å². The van der Waals surface area contributed by atoms with E-state index >= 15 is 0 Å². The van der Waals surface area contributed by atoms with Gasteiger partial charge in [0.2, 0.25) is 6.29 Å². The fourth-order valence-corrected chi connectivity index (χ4v) is 13.0. The number of hydrogen-bond donors (Lipinski definition) is 0. The number of ether oxygens (including phenoxy) is 2. The average Bonchev–Trinajstić information content (AvgIpc) is 3.35. The second kappa shape index (κ2) is 18.7. The SMILES string of the molecule is CC/C=C\C[C@H]1C(=O)O[C@@H](O[C@@H]2C[C@H](C)CC[C@H]2C(C)C)[C@@H]1CCCCCCCCO[Si](c1ccccc1)(c1ccccc1)C(C)(C)C. The highest BCUT2D eigenvalue weighted by molar-refractivity contribution is 6.99. The second-order valence-electron chi connectivity index (χ2n) is 16.1. The van der Waals surface area contributed by atoms with Crippen molar-refractivity contribution in [3.8, 4) is 0 Å². The van der Waals surface area contributed by atoms with Crippen molar-refractivity contribution in [1.29, 1.82) is 0 Å². The molecule has 0 aromatic heterocycles. The molecule has 2 aromatic rings. The molecule has 0 amide bonds. The van der Waals surface area contributed by atoms with Crippen molar-refractivity contribution in [3.63, 3.8) is 0 Å². The van der Waals surface area contributed by atoms with E-state index in [9.17, 15) is 4.79 Å². The van der Waals surface area contributed by atoms with Gasteiger partial charge < -0.3 is 13.9 Å². The molecule has 1 aliphatic heterocycles. The molecule has 0 radical (unpaired) electrons. The molecule has 1 aliphatic carbocycles. The normalized spacial score (nSPS) is 25.2. The Kier molecular flexibility index (Phi) is 15.0. The standard InChI is InChI=1S/C43H66O4Si/c1-8-9-16-27-38-39(42(47-41(38)44)46-40-32-34(4)29-30-37(40)33(2)3)28-21-12-10-11-13-22-31-45-48(43(5,6)7,35-23-17-14-18-24-35)36-25-19-15-20-26-36/h9,14-20,23-26,33-34,37-40,42H,8,10-13,21-22,27-32H2,1-7H3/b16-9-/t34-,37+,38-,39-,40-,42-/m1/s1. The van der Waals surface area contributed by atoms with Crippen LogP contribution in [0.4, 0.5) is 0 Å². The number of rotatable bonds is 18. The van der Waals surface area contributed by atoms with E-state index in [2.05, 4.69) is 121 Å². The first-order chi connectivity index (χ1) is 23.1. The minimum atomic E-state index is -2.46. The van der Waals surface area contributed by atoms with Gasteiger partial charge in [-0.15, -0.1) is 0 Å². The van der Waals surface area contributed by atoms with Crippen molar-refractivity contribution >= 4 is 24.7 Å². The van der Waals surface area contributed by atoms with E-state index in [1.54, 1.807) is 0 Å². The Balaban J connectivity index is 1.28. The molecule has 1 saturated carbocycles. The van der Waals surface area contributed by atoms with Gasteiger partial charge in [0, 0.05) is 12.5 Å². The molecule has 2 aromatic carbocycles. The summed E-state index contributed by atoms with van der Waals surface area (Å²) in [5.74, 6) is 1.78. The number of esters is 1. The summed E-state index contributed by atoms with van der Waals surface area (Å²) in [6.07, 6.45) is 17.4. The maximum absolute atomic E-state index is 13.1. The summed E-state index contributed by atoms with van der Waals surface area (Å²) >= 11 is 0. The highest BCUT2D eigenvalue weighted by Crippen LogP contribution is 2.41. The van der Waals surface area contributed by atoms with Gasteiger partial charge >= 0.3 is 5.97 Å². The third-order valence-corrected chi connectivity index (χ3v) is 16.2. The lowest BCUT2D eigenvalue weighted by Gasteiger charge is -2.43. The van der Waals surface area contributed by atoms with Crippen molar-refractivity contribution in [2.24, 2.45) is 29.6 Å². The lowest BCUT2D eigenvalue weighted by molar-refractivity contribution is -0.196. The number of unbranched alkanes of at least 4 members (excludes halogenated alkanes) is 5. The van der Waals surface area contributed by atoms with E-state index in [0.717, 1.165) is 45.1 Å². The molecule has 2 fully saturated rings. The Morgan fingerprint density at radius 1 is 0.875 bits per heavy atom. The Hall–Kier alpha value is -2.21. The van der Waals surface area contributed by atoms with Gasteiger partial charge in [0.15, 0.2) is 0 Å².